The second-order valence-corrected chi connectivity index (χ2v) is 5.83. The van der Waals surface area contributed by atoms with Crippen LogP contribution in [0.5, 0.6) is 5.75 Å². The van der Waals surface area contributed by atoms with Crippen molar-refractivity contribution in [2.24, 2.45) is 0 Å². The third kappa shape index (κ3) is 6.16. The summed E-state index contributed by atoms with van der Waals surface area (Å²) in [6, 6.07) is 6.48. The van der Waals surface area contributed by atoms with E-state index in [0.29, 0.717) is 0 Å². The van der Waals surface area contributed by atoms with Gasteiger partial charge in [-0.1, -0.05) is 6.07 Å². The monoisotopic (exact) mass is 297 g/mol. The molecule has 0 fully saturated rings. The van der Waals surface area contributed by atoms with E-state index in [0.717, 1.165) is 31.9 Å². The second-order valence-electron chi connectivity index (χ2n) is 4.98. The Balaban J connectivity index is 2.39. The number of nitrogens with zero attached hydrogens (tertiary/aromatic N) is 1. The van der Waals surface area contributed by atoms with Gasteiger partial charge in [-0.05, 0) is 56.8 Å². The maximum Gasteiger partial charge on any atom is 0.132 e. The van der Waals surface area contributed by atoms with Crippen LogP contribution in [0.1, 0.15) is 24.8 Å². The first-order chi connectivity index (χ1) is 9.71. The van der Waals surface area contributed by atoms with Crippen LogP contribution >= 0.6 is 11.8 Å². The molecule has 3 nitrogen and oxygen atoms in total. The van der Waals surface area contributed by atoms with Crippen molar-refractivity contribution in [3.63, 3.8) is 0 Å². The zero-order chi connectivity index (χ0) is 14.8. The topological polar surface area (TPSA) is 21.7 Å². The molecule has 0 unspecified atom stereocenters. The van der Waals surface area contributed by atoms with Crippen molar-refractivity contribution in [1.29, 1.82) is 0 Å². The quantitative estimate of drug-likeness (QED) is 0.485. The zero-order valence-corrected chi connectivity index (χ0v) is 14.0. The Bertz CT molecular complexity index is 385. The van der Waals surface area contributed by atoms with Gasteiger partial charge < -0.3 is 14.4 Å². The van der Waals surface area contributed by atoms with Crippen molar-refractivity contribution in [2.45, 2.75) is 30.7 Å². The van der Waals surface area contributed by atoms with Gasteiger partial charge in [-0.3, -0.25) is 0 Å². The lowest BCUT2D eigenvalue weighted by atomic mass is 10.2. The molecule has 114 valence electrons. The van der Waals surface area contributed by atoms with Gasteiger partial charge in [0, 0.05) is 25.2 Å². The molecule has 0 aliphatic heterocycles. The van der Waals surface area contributed by atoms with Crippen LogP contribution < -0.4 is 4.74 Å². The van der Waals surface area contributed by atoms with E-state index in [4.69, 9.17) is 9.47 Å². The highest BCUT2D eigenvalue weighted by atomic mass is 32.2. The van der Waals surface area contributed by atoms with Crippen LogP contribution in [-0.4, -0.2) is 45.6 Å². The van der Waals surface area contributed by atoms with E-state index in [1.807, 2.05) is 0 Å². The van der Waals surface area contributed by atoms with E-state index in [2.05, 4.69) is 36.4 Å². The molecule has 0 aliphatic carbocycles. The molecule has 1 aromatic carbocycles. The van der Waals surface area contributed by atoms with Crippen LogP contribution in [0.25, 0.3) is 0 Å². The number of hydrogen-bond donors (Lipinski definition) is 0. The Hall–Kier alpha value is -0.710. The first kappa shape index (κ1) is 17.3. The molecular formula is C16H27NO2S. The summed E-state index contributed by atoms with van der Waals surface area (Å²) < 4.78 is 10.5. The molecular weight excluding hydrogens is 270 g/mol. The van der Waals surface area contributed by atoms with Crippen molar-refractivity contribution in [3.05, 3.63) is 23.8 Å². The average molecular weight is 297 g/mol. The van der Waals surface area contributed by atoms with Gasteiger partial charge in [-0.25, -0.2) is 0 Å². The number of ether oxygens (including phenoxy) is 2. The van der Waals surface area contributed by atoms with Gasteiger partial charge in [0.2, 0.25) is 0 Å². The van der Waals surface area contributed by atoms with Gasteiger partial charge in [-0.2, -0.15) is 0 Å². The summed E-state index contributed by atoms with van der Waals surface area (Å²) in [6.07, 6.45) is 5.68. The molecule has 0 spiro atoms. The predicted octanol–water partition coefficient (Wildman–Crippen LogP) is 3.67. The van der Waals surface area contributed by atoms with Crippen molar-refractivity contribution in [1.82, 2.24) is 4.90 Å². The lowest BCUT2D eigenvalue weighted by Crippen LogP contribution is -2.19. The molecule has 0 saturated heterocycles. The van der Waals surface area contributed by atoms with Crippen LogP contribution in [-0.2, 0) is 11.3 Å². The Labute approximate surface area is 127 Å². The molecule has 1 rings (SSSR count). The molecule has 0 atom stereocenters. The highest BCUT2D eigenvalue weighted by molar-refractivity contribution is 7.98. The Morgan fingerprint density at radius 3 is 2.60 bits per heavy atom. The lowest BCUT2D eigenvalue weighted by molar-refractivity contribution is 0.190. The first-order valence-corrected chi connectivity index (χ1v) is 8.32. The predicted molar refractivity (Wildman–Crippen MR) is 86.8 cm³/mol. The molecule has 0 aliphatic rings. The molecule has 20 heavy (non-hydrogen) atoms. The summed E-state index contributed by atoms with van der Waals surface area (Å²) in [7, 11) is 5.67. The van der Waals surface area contributed by atoms with Gasteiger partial charge in [0.05, 0.1) is 7.11 Å². The highest BCUT2D eigenvalue weighted by Gasteiger charge is 2.05. The first-order valence-electron chi connectivity index (χ1n) is 7.09. The summed E-state index contributed by atoms with van der Waals surface area (Å²) in [6.45, 7) is 2.96. The van der Waals surface area contributed by atoms with E-state index in [9.17, 15) is 0 Å². The summed E-state index contributed by atoms with van der Waals surface area (Å²) in [5.74, 6) is 0.975. The number of thioether (sulfide) groups is 1. The fraction of sp³-hybridized carbons (Fsp3) is 0.625. The number of hydrogen-bond acceptors (Lipinski definition) is 4. The van der Waals surface area contributed by atoms with E-state index in [-0.39, 0.29) is 0 Å². The van der Waals surface area contributed by atoms with Gasteiger partial charge in [-0.15, -0.1) is 11.8 Å². The third-order valence-corrected chi connectivity index (χ3v) is 4.07. The molecule has 4 heteroatoms. The smallest absolute Gasteiger partial charge is 0.132 e. The Morgan fingerprint density at radius 2 is 1.95 bits per heavy atom. The number of unbranched alkanes of at least 4 members (excludes halogenated alkanes) is 2. The summed E-state index contributed by atoms with van der Waals surface area (Å²) in [5.41, 5.74) is 1.30. The van der Waals surface area contributed by atoms with Crippen LogP contribution in [0.2, 0.25) is 0 Å². The van der Waals surface area contributed by atoms with Crippen LogP contribution in [0.15, 0.2) is 23.1 Å². The minimum absolute atomic E-state index is 0.872. The maximum absolute atomic E-state index is 5.43. The summed E-state index contributed by atoms with van der Waals surface area (Å²) in [4.78, 5) is 3.55. The molecule has 1 aromatic rings. The highest BCUT2D eigenvalue weighted by Crippen LogP contribution is 2.28. The van der Waals surface area contributed by atoms with Gasteiger partial charge in [0.25, 0.3) is 0 Å². The zero-order valence-electron chi connectivity index (χ0n) is 13.1. The Kier molecular flexibility index (Phi) is 8.74. The van der Waals surface area contributed by atoms with Gasteiger partial charge in [0.15, 0.2) is 0 Å². The maximum atomic E-state index is 5.43. The number of rotatable bonds is 10. The van der Waals surface area contributed by atoms with Gasteiger partial charge in [0.1, 0.15) is 5.75 Å². The van der Waals surface area contributed by atoms with Crippen LogP contribution in [0, 0.1) is 0 Å². The van der Waals surface area contributed by atoms with Crippen molar-refractivity contribution in [3.8, 4) is 5.75 Å². The molecule has 0 amide bonds. The third-order valence-electron chi connectivity index (χ3n) is 3.29. The second kappa shape index (κ2) is 10.1. The minimum atomic E-state index is 0.872. The molecule has 0 aromatic heterocycles. The fourth-order valence-electron chi connectivity index (χ4n) is 2.17. The lowest BCUT2D eigenvalue weighted by Gasteiger charge is -2.17. The minimum Gasteiger partial charge on any atom is -0.496 e. The molecule has 0 saturated carbocycles. The molecule has 0 radical (unpaired) electrons. The van der Waals surface area contributed by atoms with Crippen molar-refractivity contribution >= 4 is 11.8 Å². The van der Waals surface area contributed by atoms with Crippen LogP contribution in [0.4, 0.5) is 0 Å². The molecule has 0 heterocycles. The molecule has 0 bridgehead atoms. The van der Waals surface area contributed by atoms with E-state index < -0.39 is 0 Å². The molecule has 0 N–H and O–H groups in total. The summed E-state index contributed by atoms with van der Waals surface area (Å²) >= 11 is 1.72. The van der Waals surface area contributed by atoms with E-state index >= 15 is 0 Å². The number of methoxy groups -OCH3 is 2. The average Bonchev–Trinajstić information content (AvgIpc) is 2.46. The standard InChI is InChI=1S/C16H27NO2S/c1-17(10-6-5-7-11-18-2)13-14-8-9-16(20-4)15(12-14)19-3/h8-9,12H,5-7,10-11,13H2,1-4H3. The SMILES string of the molecule is COCCCCCN(C)Cc1ccc(SC)c(OC)c1. The normalized spacial score (nSPS) is 11.1. The van der Waals surface area contributed by atoms with Crippen LogP contribution in [0.3, 0.4) is 0 Å². The van der Waals surface area contributed by atoms with Crippen molar-refractivity contribution < 1.29 is 9.47 Å². The fourth-order valence-corrected chi connectivity index (χ4v) is 2.72. The number of benzene rings is 1. The summed E-state index contributed by atoms with van der Waals surface area (Å²) in [5, 5.41) is 0. The van der Waals surface area contributed by atoms with E-state index in [1.54, 1.807) is 26.0 Å². The van der Waals surface area contributed by atoms with E-state index in [1.165, 1.54) is 23.3 Å². The largest absolute Gasteiger partial charge is 0.496 e. The van der Waals surface area contributed by atoms with Crippen molar-refractivity contribution in [2.75, 3.05) is 40.7 Å². The Morgan fingerprint density at radius 1 is 1.15 bits per heavy atom. The van der Waals surface area contributed by atoms with Gasteiger partial charge >= 0.3 is 0 Å².